The highest BCUT2D eigenvalue weighted by molar-refractivity contribution is 7.89. The van der Waals surface area contributed by atoms with Gasteiger partial charge in [0.25, 0.3) is 0 Å². The SMILES string of the molecule is Cc1ccc(S(=O)(=O)N2CCC(C[C@H](NC(=O)OC(C)(C)C)C(=O)O)CC2)cc1. The Hall–Kier alpha value is -2.13. The molecule has 1 aliphatic heterocycles. The number of carboxylic acids is 1. The zero-order valence-electron chi connectivity index (χ0n) is 17.3. The number of benzene rings is 1. The molecule has 8 nitrogen and oxygen atoms in total. The highest BCUT2D eigenvalue weighted by Gasteiger charge is 2.32. The molecule has 0 saturated carbocycles. The molecule has 1 aliphatic rings. The molecule has 2 rings (SSSR count). The average Bonchev–Trinajstić information content (AvgIpc) is 2.60. The van der Waals surface area contributed by atoms with Gasteiger partial charge in [0.05, 0.1) is 4.90 Å². The Morgan fingerprint density at radius 2 is 1.76 bits per heavy atom. The number of sulfonamides is 1. The number of amides is 1. The summed E-state index contributed by atoms with van der Waals surface area (Å²) in [5.41, 5.74) is 0.267. The lowest BCUT2D eigenvalue weighted by atomic mass is 9.91. The minimum atomic E-state index is -3.56. The predicted octanol–water partition coefficient (Wildman–Crippen LogP) is 2.76. The van der Waals surface area contributed by atoms with E-state index in [-0.39, 0.29) is 17.2 Å². The third-order valence-corrected chi connectivity index (χ3v) is 6.70. The fourth-order valence-electron chi connectivity index (χ4n) is 3.25. The Bertz CT molecular complexity index is 822. The van der Waals surface area contributed by atoms with Crippen LogP contribution in [0, 0.1) is 12.8 Å². The van der Waals surface area contributed by atoms with Crippen LogP contribution in [0.1, 0.15) is 45.6 Å². The van der Waals surface area contributed by atoms with Crippen molar-refractivity contribution in [2.24, 2.45) is 5.92 Å². The lowest BCUT2D eigenvalue weighted by Gasteiger charge is -2.32. The van der Waals surface area contributed by atoms with E-state index in [2.05, 4.69) is 5.32 Å². The Kier molecular flexibility index (Phi) is 7.29. The Morgan fingerprint density at radius 3 is 2.24 bits per heavy atom. The fraction of sp³-hybridized carbons (Fsp3) is 0.600. The number of alkyl carbamates (subject to hydrolysis) is 1. The second kappa shape index (κ2) is 9.13. The molecule has 0 unspecified atom stereocenters. The number of aryl methyl sites for hydroxylation is 1. The van der Waals surface area contributed by atoms with Crippen LogP contribution in [0.3, 0.4) is 0 Å². The molecule has 0 bridgehead atoms. The van der Waals surface area contributed by atoms with E-state index in [4.69, 9.17) is 4.74 Å². The maximum Gasteiger partial charge on any atom is 0.408 e. The molecule has 1 aromatic rings. The lowest BCUT2D eigenvalue weighted by Crippen LogP contribution is -2.46. The van der Waals surface area contributed by atoms with Gasteiger partial charge in [-0.3, -0.25) is 0 Å². The van der Waals surface area contributed by atoms with Gasteiger partial charge >= 0.3 is 12.1 Å². The number of rotatable bonds is 6. The van der Waals surface area contributed by atoms with Crippen LogP contribution in [0.4, 0.5) is 4.79 Å². The van der Waals surface area contributed by atoms with Crippen molar-refractivity contribution in [1.82, 2.24) is 9.62 Å². The van der Waals surface area contributed by atoms with Crippen LogP contribution >= 0.6 is 0 Å². The first-order valence-corrected chi connectivity index (χ1v) is 11.1. The molecule has 162 valence electrons. The molecule has 1 aromatic carbocycles. The van der Waals surface area contributed by atoms with Crippen LogP contribution < -0.4 is 5.32 Å². The summed E-state index contributed by atoms with van der Waals surface area (Å²) in [4.78, 5) is 23.7. The van der Waals surface area contributed by atoms with Gasteiger partial charge in [-0.1, -0.05) is 17.7 Å². The maximum absolute atomic E-state index is 12.8. The second-order valence-corrected chi connectivity index (χ2v) is 10.4. The maximum atomic E-state index is 12.8. The molecule has 0 spiro atoms. The largest absolute Gasteiger partial charge is 0.480 e. The number of carbonyl (C=O) groups excluding carboxylic acids is 1. The van der Waals surface area contributed by atoms with Crippen molar-refractivity contribution in [1.29, 1.82) is 0 Å². The van der Waals surface area contributed by atoms with Gasteiger partial charge in [0, 0.05) is 13.1 Å². The molecule has 1 amide bonds. The third-order valence-electron chi connectivity index (χ3n) is 4.79. The number of hydrogen-bond acceptors (Lipinski definition) is 5. The standard InChI is InChI=1S/C20H30N2O6S/c1-14-5-7-16(8-6-14)29(26,27)22-11-9-15(10-12-22)13-17(18(23)24)21-19(25)28-20(2,3)4/h5-8,15,17H,9-13H2,1-4H3,(H,21,25)(H,23,24)/t17-/m0/s1. The molecule has 0 radical (unpaired) electrons. The summed E-state index contributed by atoms with van der Waals surface area (Å²) >= 11 is 0. The molecule has 1 heterocycles. The third kappa shape index (κ3) is 6.71. The number of nitrogens with zero attached hydrogens (tertiary/aromatic N) is 1. The van der Waals surface area contributed by atoms with Crippen molar-refractivity contribution < 1.29 is 27.9 Å². The minimum absolute atomic E-state index is 0.00416. The summed E-state index contributed by atoms with van der Waals surface area (Å²) < 4.78 is 32.1. The quantitative estimate of drug-likeness (QED) is 0.723. The number of nitrogens with one attached hydrogen (secondary N) is 1. The molecular weight excluding hydrogens is 396 g/mol. The van der Waals surface area contributed by atoms with Crippen LogP contribution in [0.2, 0.25) is 0 Å². The van der Waals surface area contributed by atoms with Crippen molar-refractivity contribution in [3.63, 3.8) is 0 Å². The molecule has 1 fully saturated rings. The lowest BCUT2D eigenvalue weighted by molar-refractivity contribution is -0.140. The summed E-state index contributed by atoms with van der Waals surface area (Å²) in [6, 6.07) is 5.65. The molecule has 29 heavy (non-hydrogen) atoms. The van der Waals surface area contributed by atoms with E-state index in [1.54, 1.807) is 45.0 Å². The van der Waals surface area contributed by atoms with Crippen molar-refractivity contribution >= 4 is 22.1 Å². The molecule has 0 aliphatic carbocycles. The van der Waals surface area contributed by atoms with Crippen LogP contribution in [0.15, 0.2) is 29.2 Å². The highest BCUT2D eigenvalue weighted by Crippen LogP contribution is 2.27. The molecular formula is C20H30N2O6S. The number of carboxylic acid groups (broad SMARTS) is 1. The van der Waals surface area contributed by atoms with Gasteiger partial charge < -0.3 is 15.2 Å². The van der Waals surface area contributed by atoms with E-state index in [9.17, 15) is 23.1 Å². The minimum Gasteiger partial charge on any atom is -0.480 e. The first-order chi connectivity index (χ1) is 13.4. The van der Waals surface area contributed by atoms with Gasteiger partial charge in [-0.15, -0.1) is 0 Å². The van der Waals surface area contributed by atoms with E-state index < -0.39 is 33.7 Å². The van der Waals surface area contributed by atoms with Gasteiger partial charge in [0.1, 0.15) is 11.6 Å². The van der Waals surface area contributed by atoms with Crippen molar-refractivity contribution in [2.75, 3.05) is 13.1 Å². The molecule has 9 heteroatoms. The summed E-state index contributed by atoms with van der Waals surface area (Å²) in [7, 11) is -3.56. The summed E-state index contributed by atoms with van der Waals surface area (Å²) in [5.74, 6) is -1.14. The van der Waals surface area contributed by atoms with E-state index in [1.807, 2.05) is 6.92 Å². The van der Waals surface area contributed by atoms with Gasteiger partial charge in [0.15, 0.2) is 0 Å². The number of piperidine rings is 1. The van der Waals surface area contributed by atoms with E-state index in [1.165, 1.54) is 4.31 Å². The van der Waals surface area contributed by atoms with Gasteiger partial charge in [0.2, 0.25) is 10.0 Å². The average molecular weight is 427 g/mol. The van der Waals surface area contributed by atoms with Crippen molar-refractivity contribution in [2.45, 2.75) is 63.5 Å². The predicted molar refractivity (Wildman–Crippen MR) is 108 cm³/mol. The molecule has 0 aromatic heterocycles. The van der Waals surface area contributed by atoms with Crippen LogP contribution in [-0.2, 0) is 19.6 Å². The monoisotopic (exact) mass is 426 g/mol. The number of carbonyl (C=O) groups is 2. The van der Waals surface area contributed by atoms with Crippen LogP contribution in [0.5, 0.6) is 0 Å². The van der Waals surface area contributed by atoms with Gasteiger partial charge in [-0.05, 0) is 65.0 Å². The number of ether oxygens (including phenoxy) is 1. The summed E-state index contributed by atoms with van der Waals surface area (Å²) in [5, 5.41) is 11.8. The zero-order valence-corrected chi connectivity index (χ0v) is 18.2. The van der Waals surface area contributed by atoms with Crippen LogP contribution in [-0.4, -0.2) is 54.6 Å². The molecule has 2 N–H and O–H groups in total. The smallest absolute Gasteiger partial charge is 0.408 e. The summed E-state index contributed by atoms with van der Waals surface area (Å²) in [6.45, 7) is 7.64. The summed E-state index contributed by atoms with van der Waals surface area (Å²) in [6.07, 6.45) is 0.521. The fourth-order valence-corrected chi connectivity index (χ4v) is 4.72. The van der Waals surface area contributed by atoms with Crippen molar-refractivity contribution in [3.8, 4) is 0 Å². The van der Waals surface area contributed by atoms with Gasteiger partial charge in [-0.25, -0.2) is 18.0 Å². The Morgan fingerprint density at radius 1 is 1.21 bits per heavy atom. The number of aliphatic carboxylic acids is 1. The number of hydrogen-bond donors (Lipinski definition) is 2. The Balaban J connectivity index is 1.94. The zero-order chi connectivity index (χ0) is 21.8. The van der Waals surface area contributed by atoms with Crippen LogP contribution in [0.25, 0.3) is 0 Å². The first kappa shape index (κ1) is 23.2. The van der Waals surface area contributed by atoms with Gasteiger partial charge in [-0.2, -0.15) is 4.31 Å². The second-order valence-electron chi connectivity index (χ2n) is 8.43. The van der Waals surface area contributed by atoms with E-state index in [0.29, 0.717) is 25.9 Å². The topological polar surface area (TPSA) is 113 Å². The molecule has 1 saturated heterocycles. The molecule has 1 atom stereocenters. The normalized spacial score (nSPS) is 17.5. The van der Waals surface area contributed by atoms with E-state index >= 15 is 0 Å². The van der Waals surface area contributed by atoms with Crippen molar-refractivity contribution in [3.05, 3.63) is 29.8 Å². The van der Waals surface area contributed by atoms with E-state index in [0.717, 1.165) is 5.56 Å². The highest BCUT2D eigenvalue weighted by atomic mass is 32.2. The first-order valence-electron chi connectivity index (χ1n) is 9.67. The Labute approximate surface area is 172 Å².